The maximum Gasteiger partial charge on any atom is 0.293 e. The number of unbranched alkanes of at least 4 members (excludes halogenated alkanes) is 2. The topological polar surface area (TPSA) is 75.5 Å². The molecule has 0 fully saturated rings. The minimum Gasteiger partial charge on any atom is -0.380 e. The summed E-state index contributed by atoms with van der Waals surface area (Å²) < 4.78 is 0. The highest BCUT2D eigenvalue weighted by atomic mass is 16.6. The Morgan fingerprint density at radius 2 is 2.05 bits per heavy atom. The predicted molar refractivity (Wildman–Crippen MR) is 83.7 cm³/mol. The van der Waals surface area contributed by atoms with Crippen LogP contribution in [0.4, 0.5) is 11.4 Å². The third-order valence-electron chi connectivity index (χ3n) is 3.25. The van der Waals surface area contributed by atoms with E-state index in [0.29, 0.717) is 24.3 Å². The van der Waals surface area contributed by atoms with E-state index in [-0.39, 0.29) is 11.6 Å². The second-order valence-corrected chi connectivity index (χ2v) is 4.95. The Kier molecular flexibility index (Phi) is 6.65. The molecule has 116 valence electrons. The lowest BCUT2D eigenvalue weighted by atomic mass is 10.1. The highest BCUT2D eigenvalue weighted by Gasteiger charge is 2.19. The average molecular weight is 293 g/mol. The standard InChI is InChI=1S/C15H23N3O3/c1-4-6-7-10-17(3)15(19)12-8-9-13(16-5-2)14(11-12)18(20)21/h8-9,11,16H,4-7,10H2,1-3H3. The first kappa shape index (κ1) is 16.9. The highest BCUT2D eigenvalue weighted by molar-refractivity contribution is 5.95. The molecular weight excluding hydrogens is 270 g/mol. The number of carbonyl (C=O) groups is 1. The molecule has 21 heavy (non-hydrogen) atoms. The maximum atomic E-state index is 12.3. The van der Waals surface area contributed by atoms with Crippen LogP contribution in [0.25, 0.3) is 0 Å². The molecule has 0 saturated carbocycles. The third kappa shape index (κ3) is 4.73. The molecule has 1 amide bonds. The van der Waals surface area contributed by atoms with Gasteiger partial charge in [0.05, 0.1) is 4.92 Å². The van der Waals surface area contributed by atoms with Gasteiger partial charge in [-0.15, -0.1) is 0 Å². The minimum atomic E-state index is -0.466. The van der Waals surface area contributed by atoms with Crippen LogP contribution in [0.3, 0.4) is 0 Å². The van der Waals surface area contributed by atoms with Crippen molar-refractivity contribution in [3.8, 4) is 0 Å². The lowest BCUT2D eigenvalue weighted by Crippen LogP contribution is -2.27. The van der Waals surface area contributed by atoms with Gasteiger partial charge in [0, 0.05) is 31.8 Å². The second kappa shape index (κ2) is 8.24. The Balaban J connectivity index is 2.89. The number of hydrogen-bond acceptors (Lipinski definition) is 4. The predicted octanol–water partition coefficient (Wildman–Crippen LogP) is 3.29. The van der Waals surface area contributed by atoms with Crippen LogP contribution in [0.15, 0.2) is 18.2 Å². The molecule has 0 unspecified atom stereocenters. The summed E-state index contributed by atoms with van der Waals surface area (Å²) >= 11 is 0. The molecule has 0 aliphatic heterocycles. The van der Waals surface area contributed by atoms with Crippen molar-refractivity contribution in [3.63, 3.8) is 0 Å². The van der Waals surface area contributed by atoms with Gasteiger partial charge < -0.3 is 10.2 Å². The summed E-state index contributed by atoms with van der Waals surface area (Å²) in [6, 6.07) is 4.56. The number of nitrogens with zero attached hydrogens (tertiary/aromatic N) is 2. The van der Waals surface area contributed by atoms with Crippen molar-refractivity contribution >= 4 is 17.3 Å². The number of anilines is 1. The molecule has 6 nitrogen and oxygen atoms in total. The first-order valence-electron chi connectivity index (χ1n) is 7.29. The van der Waals surface area contributed by atoms with Crippen LogP contribution in [0, 0.1) is 10.1 Å². The van der Waals surface area contributed by atoms with Crippen LogP contribution in [-0.2, 0) is 0 Å². The SMILES string of the molecule is CCCCCN(C)C(=O)c1ccc(NCC)c([N+](=O)[O-])c1. The van der Waals surface area contributed by atoms with E-state index < -0.39 is 4.92 Å². The van der Waals surface area contributed by atoms with E-state index in [4.69, 9.17) is 0 Å². The van der Waals surface area contributed by atoms with Crippen molar-refractivity contribution in [2.45, 2.75) is 33.1 Å². The molecule has 6 heteroatoms. The zero-order valence-electron chi connectivity index (χ0n) is 12.9. The summed E-state index contributed by atoms with van der Waals surface area (Å²) in [6.45, 7) is 5.22. The molecule has 1 N–H and O–H groups in total. The van der Waals surface area contributed by atoms with Gasteiger partial charge in [-0.25, -0.2) is 0 Å². The quantitative estimate of drug-likeness (QED) is 0.453. The molecule has 0 atom stereocenters. The maximum absolute atomic E-state index is 12.3. The molecule has 0 spiro atoms. The van der Waals surface area contributed by atoms with Crippen molar-refractivity contribution in [1.29, 1.82) is 0 Å². The molecule has 0 radical (unpaired) electrons. The Morgan fingerprint density at radius 3 is 2.62 bits per heavy atom. The zero-order valence-corrected chi connectivity index (χ0v) is 12.9. The summed E-state index contributed by atoms with van der Waals surface area (Å²) in [6.07, 6.45) is 3.10. The number of hydrogen-bond donors (Lipinski definition) is 1. The summed E-state index contributed by atoms with van der Waals surface area (Å²) in [4.78, 5) is 24.5. The van der Waals surface area contributed by atoms with Crippen molar-refractivity contribution in [2.24, 2.45) is 0 Å². The number of benzene rings is 1. The second-order valence-electron chi connectivity index (χ2n) is 4.95. The van der Waals surface area contributed by atoms with Gasteiger partial charge in [-0.1, -0.05) is 19.8 Å². The molecule has 0 heterocycles. The number of nitro benzene ring substituents is 1. The molecule has 1 aromatic rings. The van der Waals surface area contributed by atoms with Gasteiger partial charge in [0.15, 0.2) is 0 Å². The fraction of sp³-hybridized carbons (Fsp3) is 0.533. The Labute approximate surface area is 125 Å². The van der Waals surface area contributed by atoms with E-state index >= 15 is 0 Å². The lowest BCUT2D eigenvalue weighted by Gasteiger charge is -2.17. The van der Waals surface area contributed by atoms with Gasteiger partial charge in [-0.2, -0.15) is 0 Å². The smallest absolute Gasteiger partial charge is 0.293 e. The molecule has 0 aliphatic rings. The normalized spacial score (nSPS) is 10.2. The Morgan fingerprint density at radius 1 is 1.33 bits per heavy atom. The minimum absolute atomic E-state index is 0.0651. The summed E-state index contributed by atoms with van der Waals surface area (Å²) in [7, 11) is 1.72. The number of nitro groups is 1. The monoisotopic (exact) mass is 293 g/mol. The van der Waals surface area contributed by atoms with E-state index in [1.807, 2.05) is 6.92 Å². The first-order chi connectivity index (χ1) is 10.0. The van der Waals surface area contributed by atoms with Crippen LogP contribution in [0.2, 0.25) is 0 Å². The van der Waals surface area contributed by atoms with Crippen LogP contribution in [-0.4, -0.2) is 35.9 Å². The largest absolute Gasteiger partial charge is 0.380 e. The van der Waals surface area contributed by atoms with Crippen molar-refractivity contribution in [3.05, 3.63) is 33.9 Å². The van der Waals surface area contributed by atoms with E-state index in [2.05, 4.69) is 12.2 Å². The highest BCUT2D eigenvalue weighted by Crippen LogP contribution is 2.26. The summed E-state index contributed by atoms with van der Waals surface area (Å²) in [5, 5.41) is 14.0. The van der Waals surface area contributed by atoms with Crippen LogP contribution >= 0.6 is 0 Å². The Hall–Kier alpha value is -2.11. The number of rotatable bonds is 8. The molecule has 1 aromatic carbocycles. The molecule has 1 rings (SSSR count). The van der Waals surface area contributed by atoms with Crippen LogP contribution in [0.1, 0.15) is 43.5 Å². The lowest BCUT2D eigenvalue weighted by molar-refractivity contribution is -0.384. The van der Waals surface area contributed by atoms with Gasteiger partial charge >= 0.3 is 0 Å². The summed E-state index contributed by atoms with van der Waals surface area (Å²) in [5.41, 5.74) is 0.722. The zero-order chi connectivity index (χ0) is 15.8. The van der Waals surface area contributed by atoms with E-state index in [1.165, 1.54) is 6.07 Å². The first-order valence-corrected chi connectivity index (χ1v) is 7.29. The van der Waals surface area contributed by atoms with Gasteiger partial charge in [-0.05, 0) is 25.5 Å². The van der Waals surface area contributed by atoms with E-state index in [0.717, 1.165) is 19.3 Å². The summed E-state index contributed by atoms with van der Waals surface area (Å²) in [5.74, 6) is -0.183. The number of carbonyl (C=O) groups excluding carboxylic acids is 1. The van der Waals surface area contributed by atoms with E-state index in [9.17, 15) is 14.9 Å². The van der Waals surface area contributed by atoms with Crippen LogP contribution < -0.4 is 5.32 Å². The van der Waals surface area contributed by atoms with Gasteiger partial charge in [-0.3, -0.25) is 14.9 Å². The molecule has 0 bridgehead atoms. The molecular formula is C15H23N3O3. The van der Waals surface area contributed by atoms with E-state index in [1.54, 1.807) is 24.1 Å². The van der Waals surface area contributed by atoms with Crippen LogP contribution in [0.5, 0.6) is 0 Å². The average Bonchev–Trinajstić information content (AvgIpc) is 2.47. The fourth-order valence-corrected chi connectivity index (χ4v) is 2.08. The van der Waals surface area contributed by atoms with Crippen molar-refractivity contribution in [1.82, 2.24) is 4.90 Å². The number of amides is 1. The Bertz CT molecular complexity index is 503. The molecule has 0 saturated heterocycles. The van der Waals surface area contributed by atoms with Gasteiger partial charge in [0.2, 0.25) is 0 Å². The number of nitrogens with one attached hydrogen (secondary N) is 1. The molecule has 0 aromatic heterocycles. The third-order valence-corrected chi connectivity index (χ3v) is 3.25. The van der Waals surface area contributed by atoms with Gasteiger partial charge in [0.25, 0.3) is 11.6 Å². The molecule has 0 aliphatic carbocycles. The fourth-order valence-electron chi connectivity index (χ4n) is 2.08. The van der Waals surface area contributed by atoms with Crippen molar-refractivity contribution in [2.75, 3.05) is 25.5 Å². The van der Waals surface area contributed by atoms with Crippen molar-refractivity contribution < 1.29 is 9.72 Å². The van der Waals surface area contributed by atoms with Gasteiger partial charge in [0.1, 0.15) is 5.69 Å².